The summed E-state index contributed by atoms with van der Waals surface area (Å²) in [4.78, 5) is 5.01. The van der Waals surface area contributed by atoms with Gasteiger partial charge in [-0.3, -0.25) is 0 Å². The molecule has 0 unspecified atom stereocenters. The van der Waals surface area contributed by atoms with E-state index in [4.69, 9.17) is 9.72 Å². The first-order valence-corrected chi connectivity index (χ1v) is 19.7. The molecule has 0 saturated carbocycles. The van der Waals surface area contributed by atoms with Crippen LogP contribution in [0.1, 0.15) is 0 Å². The van der Waals surface area contributed by atoms with Gasteiger partial charge in [-0.1, -0.05) is 139 Å². The summed E-state index contributed by atoms with van der Waals surface area (Å²) >= 11 is 0. The van der Waals surface area contributed by atoms with E-state index in [2.05, 4.69) is 208 Å². The molecule has 3 aromatic heterocycles. The number of fused-ring (bicyclic) bond motifs is 4. The van der Waals surface area contributed by atoms with E-state index in [-0.39, 0.29) is 21.1 Å². The maximum Gasteiger partial charge on any atom is 0.168 e. The minimum absolute atomic E-state index is 0. The van der Waals surface area contributed by atoms with Gasteiger partial charge in [0, 0.05) is 62.1 Å². The fraction of sp³-hybridized carbons (Fsp3) is 0. The van der Waals surface area contributed by atoms with Crippen LogP contribution in [0.5, 0.6) is 11.5 Å². The molecule has 8 aromatic carbocycles. The molecule has 0 saturated heterocycles. The third-order valence-electron chi connectivity index (χ3n) is 11.0. The summed E-state index contributed by atoms with van der Waals surface area (Å²) in [6.07, 6.45) is 4.02. The van der Waals surface area contributed by atoms with Crippen LogP contribution < -0.4 is 4.74 Å². The van der Waals surface area contributed by atoms with E-state index in [1.165, 1.54) is 0 Å². The molecule has 0 amide bonds. The molecule has 288 valence electrons. The number of pyridine rings is 1. The van der Waals surface area contributed by atoms with Crippen LogP contribution in [0.4, 0.5) is 0 Å². The van der Waals surface area contributed by atoms with E-state index in [9.17, 15) is 0 Å². The number of nitrogens with zero attached hydrogens (tertiary/aromatic N) is 4. The Labute approximate surface area is 362 Å². The number of imidazole rings is 1. The van der Waals surface area contributed by atoms with Crippen molar-refractivity contribution in [2.45, 2.75) is 0 Å². The summed E-state index contributed by atoms with van der Waals surface area (Å²) in [5, 5.41) is 2.18. The van der Waals surface area contributed by atoms with Gasteiger partial charge >= 0.3 is 0 Å². The van der Waals surface area contributed by atoms with Crippen LogP contribution in [0.15, 0.2) is 213 Å². The summed E-state index contributed by atoms with van der Waals surface area (Å²) in [6, 6.07) is 76.6. The Hall–Kier alpha value is -7.33. The Kier molecular flexibility index (Phi) is 9.73. The summed E-state index contributed by atoms with van der Waals surface area (Å²) in [5.74, 6) is 1.98. The molecule has 0 spiro atoms. The van der Waals surface area contributed by atoms with Crippen molar-refractivity contribution in [2.24, 2.45) is 0 Å². The quantitative estimate of drug-likeness (QED) is 0.142. The smallest absolute Gasteiger partial charge is 0.168 e. The molecule has 11 aromatic rings. The molecule has 6 heteroatoms. The molecule has 60 heavy (non-hydrogen) atoms. The van der Waals surface area contributed by atoms with Gasteiger partial charge in [0.2, 0.25) is 0 Å². The zero-order valence-corrected chi connectivity index (χ0v) is 34.5. The van der Waals surface area contributed by atoms with Crippen molar-refractivity contribution in [3.05, 3.63) is 225 Å². The molecule has 0 atom stereocenters. The predicted octanol–water partition coefficient (Wildman–Crippen LogP) is 13.6. The normalized spacial score (nSPS) is 11.2. The Bertz CT molecular complexity index is 3240. The number of benzene rings is 8. The SMILES string of the molecule is [Pt].[c-]1c(Oc2[c-]c3c(cc2)c2ccccc2n3-c2cc(-c3c(-c4ccccc4)cccc3-c3ccccc3)ccn2)cccc1-n1[cH+]n(-c2ccccc2)c2ccccc21. The first-order chi connectivity index (χ1) is 29.3. The Morgan fingerprint density at radius 1 is 0.467 bits per heavy atom. The van der Waals surface area contributed by atoms with Crippen LogP contribution in [-0.4, -0.2) is 18.7 Å². The minimum Gasteiger partial charge on any atom is -0.508 e. The molecule has 0 aliphatic heterocycles. The van der Waals surface area contributed by atoms with E-state index >= 15 is 0 Å². The number of hydrogen-bond donors (Lipinski definition) is 0. The molecular weight excluding hydrogens is 916 g/mol. The average molecular weight is 951 g/mol. The van der Waals surface area contributed by atoms with Gasteiger partial charge in [0.25, 0.3) is 0 Å². The maximum atomic E-state index is 6.60. The van der Waals surface area contributed by atoms with Crippen LogP contribution in [0, 0.1) is 12.1 Å². The monoisotopic (exact) mass is 950 g/mol. The number of para-hydroxylation sites is 4. The molecule has 0 radical (unpaired) electrons. The third kappa shape index (κ3) is 6.60. The summed E-state index contributed by atoms with van der Waals surface area (Å²) in [7, 11) is 0. The van der Waals surface area contributed by atoms with Crippen LogP contribution in [0.3, 0.4) is 0 Å². The Morgan fingerprint density at radius 3 is 1.78 bits per heavy atom. The van der Waals surface area contributed by atoms with E-state index in [0.29, 0.717) is 11.5 Å². The molecule has 0 fully saturated rings. The fourth-order valence-corrected chi connectivity index (χ4v) is 8.30. The van der Waals surface area contributed by atoms with Crippen molar-refractivity contribution in [2.75, 3.05) is 0 Å². The molecular formula is C54H35N4OPt-. The second kappa shape index (κ2) is 15.8. The van der Waals surface area contributed by atoms with Crippen molar-refractivity contribution in [1.29, 1.82) is 0 Å². The van der Waals surface area contributed by atoms with Crippen molar-refractivity contribution < 1.29 is 25.8 Å². The topological polar surface area (TPSA) is 36.9 Å². The molecule has 11 rings (SSSR count). The third-order valence-corrected chi connectivity index (χ3v) is 11.0. The Morgan fingerprint density at radius 2 is 1.07 bits per heavy atom. The van der Waals surface area contributed by atoms with E-state index in [0.717, 1.165) is 83.4 Å². The second-order valence-corrected chi connectivity index (χ2v) is 14.5. The van der Waals surface area contributed by atoms with Crippen molar-refractivity contribution >= 4 is 32.8 Å². The fourth-order valence-electron chi connectivity index (χ4n) is 8.30. The minimum atomic E-state index is 0. The van der Waals surface area contributed by atoms with Crippen molar-refractivity contribution in [3.63, 3.8) is 0 Å². The number of ether oxygens (including phenoxy) is 1. The van der Waals surface area contributed by atoms with Gasteiger partial charge in [-0.25, -0.2) is 9.55 Å². The number of rotatable bonds is 8. The van der Waals surface area contributed by atoms with Crippen molar-refractivity contribution in [1.82, 2.24) is 18.7 Å². The standard InChI is InChI=1S/C54H35N4O.Pt/c1-4-16-38(17-5-1)45-25-15-26-46(39-18-6-2-7-19-39)54(45)40-32-33-55-53(34-40)58-49-27-11-10-24-47(49)48-31-30-44(36-52(48)58)59-43-23-14-22-42(35-43)57-37-56(41-20-8-3-9-21-41)50-28-12-13-29-51(50)57;/h1-34,37H;/q-1;. The van der Waals surface area contributed by atoms with Crippen LogP contribution in [0.25, 0.3) is 83.4 Å². The average Bonchev–Trinajstić information content (AvgIpc) is 3.86. The first kappa shape index (κ1) is 37.0. The molecule has 0 bridgehead atoms. The largest absolute Gasteiger partial charge is 0.508 e. The van der Waals surface area contributed by atoms with E-state index < -0.39 is 0 Å². The zero-order chi connectivity index (χ0) is 39.1. The summed E-state index contributed by atoms with van der Waals surface area (Å²) < 4.78 is 13.1. The van der Waals surface area contributed by atoms with Crippen LogP contribution in [-0.2, 0) is 21.1 Å². The van der Waals surface area contributed by atoms with Crippen LogP contribution >= 0.6 is 0 Å². The van der Waals surface area contributed by atoms with Crippen LogP contribution in [0.2, 0.25) is 0 Å². The van der Waals surface area contributed by atoms with Crippen molar-refractivity contribution in [3.8, 4) is 62.1 Å². The molecule has 3 heterocycles. The second-order valence-electron chi connectivity index (χ2n) is 14.5. The van der Waals surface area contributed by atoms with Gasteiger partial charge in [0.1, 0.15) is 11.5 Å². The predicted molar refractivity (Wildman–Crippen MR) is 240 cm³/mol. The van der Waals surface area contributed by atoms with E-state index in [1.54, 1.807) is 0 Å². The molecule has 0 aliphatic rings. The van der Waals surface area contributed by atoms with Gasteiger partial charge in [0.05, 0.1) is 0 Å². The van der Waals surface area contributed by atoms with Gasteiger partial charge < -0.3 is 9.30 Å². The first-order valence-electron chi connectivity index (χ1n) is 19.7. The van der Waals surface area contributed by atoms with Gasteiger partial charge in [-0.05, 0) is 69.1 Å². The zero-order valence-electron chi connectivity index (χ0n) is 32.2. The van der Waals surface area contributed by atoms with Gasteiger partial charge in [-0.2, -0.15) is 16.7 Å². The van der Waals surface area contributed by atoms with Gasteiger partial charge in [0.15, 0.2) is 17.4 Å². The Balaban J connectivity index is 0.00000433. The number of hydrogen-bond acceptors (Lipinski definition) is 2. The summed E-state index contributed by atoms with van der Waals surface area (Å²) in [5.41, 5.74) is 12.9. The molecule has 0 aliphatic carbocycles. The van der Waals surface area contributed by atoms with E-state index in [1.807, 2.05) is 30.5 Å². The molecule has 0 N–H and O–H groups in total. The molecule has 5 nitrogen and oxygen atoms in total. The summed E-state index contributed by atoms with van der Waals surface area (Å²) in [6.45, 7) is 0. The number of aromatic nitrogens is 4. The maximum absolute atomic E-state index is 6.60. The van der Waals surface area contributed by atoms with Gasteiger partial charge in [-0.15, -0.1) is 29.7 Å².